The summed E-state index contributed by atoms with van der Waals surface area (Å²) in [6, 6.07) is 14.6. The van der Waals surface area contributed by atoms with Gasteiger partial charge in [-0.1, -0.05) is 48.9 Å². The molecule has 81 valence electrons. The molecule has 0 aliphatic carbocycles. The second-order valence-electron chi connectivity index (χ2n) is 3.87. The Kier molecular flexibility index (Phi) is 3.31. The molecule has 0 amide bonds. The fourth-order valence-corrected chi connectivity index (χ4v) is 1.81. The van der Waals surface area contributed by atoms with Crippen LogP contribution >= 0.6 is 11.6 Å². The van der Waals surface area contributed by atoms with Gasteiger partial charge in [0, 0.05) is 5.02 Å². The molecule has 0 saturated carbocycles. The topological polar surface area (TPSA) is 0 Å². The van der Waals surface area contributed by atoms with Gasteiger partial charge in [-0.3, -0.25) is 0 Å². The van der Waals surface area contributed by atoms with Crippen molar-refractivity contribution in [1.29, 1.82) is 0 Å². The standard InChI is InChI=1S/C15H14Cl/c1-3-12-4-6-13(7-5-12)14-8-9-15(16)11(2)10-14/h3-10H,1-2H3. The highest BCUT2D eigenvalue weighted by Gasteiger charge is 2.00. The SMILES string of the molecule is C[CH]c1ccc(-c2ccc(Cl)c(C)c2)cc1. The number of halogens is 1. The lowest BCUT2D eigenvalue weighted by atomic mass is 10.0. The smallest absolute Gasteiger partial charge is 0.0435 e. The Labute approximate surface area is 102 Å². The van der Waals surface area contributed by atoms with Gasteiger partial charge in [0.2, 0.25) is 0 Å². The van der Waals surface area contributed by atoms with Gasteiger partial charge in [-0.25, -0.2) is 0 Å². The van der Waals surface area contributed by atoms with Crippen LogP contribution < -0.4 is 0 Å². The first kappa shape index (κ1) is 11.2. The van der Waals surface area contributed by atoms with Crippen molar-refractivity contribution in [3.63, 3.8) is 0 Å². The van der Waals surface area contributed by atoms with Gasteiger partial charge in [-0.2, -0.15) is 0 Å². The van der Waals surface area contributed by atoms with Crippen LogP contribution in [-0.2, 0) is 0 Å². The number of hydrogen-bond donors (Lipinski definition) is 0. The predicted molar refractivity (Wildman–Crippen MR) is 70.7 cm³/mol. The lowest BCUT2D eigenvalue weighted by Crippen LogP contribution is -1.82. The van der Waals surface area contributed by atoms with Crippen LogP contribution in [0.2, 0.25) is 5.02 Å². The van der Waals surface area contributed by atoms with Crippen LogP contribution in [0.25, 0.3) is 11.1 Å². The molecule has 0 heterocycles. The summed E-state index contributed by atoms with van der Waals surface area (Å²) < 4.78 is 0. The Morgan fingerprint density at radius 2 is 1.56 bits per heavy atom. The zero-order valence-electron chi connectivity index (χ0n) is 9.50. The fourth-order valence-electron chi connectivity index (χ4n) is 1.69. The van der Waals surface area contributed by atoms with Crippen LogP contribution in [0.4, 0.5) is 0 Å². The van der Waals surface area contributed by atoms with E-state index in [2.05, 4.69) is 42.8 Å². The maximum absolute atomic E-state index is 6.01. The van der Waals surface area contributed by atoms with Gasteiger partial charge in [-0.05, 0) is 47.7 Å². The molecule has 0 N–H and O–H groups in total. The number of aryl methyl sites for hydroxylation is 1. The first-order valence-corrected chi connectivity index (χ1v) is 5.74. The summed E-state index contributed by atoms with van der Waals surface area (Å²) in [5.74, 6) is 0. The molecular formula is C15H14Cl. The van der Waals surface area contributed by atoms with E-state index in [4.69, 9.17) is 11.6 Å². The Morgan fingerprint density at radius 1 is 0.938 bits per heavy atom. The molecule has 1 radical (unpaired) electrons. The van der Waals surface area contributed by atoms with Crippen molar-refractivity contribution in [3.8, 4) is 11.1 Å². The molecule has 0 aliphatic heterocycles. The van der Waals surface area contributed by atoms with Crippen LogP contribution in [-0.4, -0.2) is 0 Å². The Balaban J connectivity index is 2.38. The molecule has 0 nitrogen and oxygen atoms in total. The van der Waals surface area contributed by atoms with Gasteiger partial charge in [0.15, 0.2) is 0 Å². The summed E-state index contributed by atoms with van der Waals surface area (Å²) in [6.07, 6.45) is 2.09. The summed E-state index contributed by atoms with van der Waals surface area (Å²) in [5, 5.41) is 0.822. The molecule has 0 fully saturated rings. The summed E-state index contributed by atoms with van der Waals surface area (Å²) in [4.78, 5) is 0. The molecule has 0 aliphatic rings. The average Bonchev–Trinajstić information content (AvgIpc) is 2.33. The van der Waals surface area contributed by atoms with Crippen molar-refractivity contribution in [3.05, 3.63) is 65.0 Å². The van der Waals surface area contributed by atoms with Crippen molar-refractivity contribution in [2.45, 2.75) is 13.8 Å². The normalized spacial score (nSPS) is 10.4. The fraction of sp³-hybridized carbons (Fsp3) is 0.133. The highest BCUT2D eigenvalue weighted by Crippen LogP contribution is 2.25. The molecule has 2 aromatic rings. The van der Waals surface area contributed by atoms with Crippen molar-refractivity contribution >= 4 is 11.6 Å². The Morgan fingerprint density at radius 3 is 2.12 bits per heavy atom. The quantitative estimate of drug-likeness (QED) is 0.688. The maximum Gasteiger partial charge on any atom is 0.0435 e. The molecule has 0 unspecified atom stereocenters. The van der Waals surface area contributed by atoms with Gasteiger partial charge < -0.3 is 0 Å². The highest BCUT2D eigenvalue weighted by atomic mass is 35.5. The van der Waals surface area contributed by atoms with Crippen LogP contribution in [0.5, 0.6) is 0 Å². The van der Waals surface area contributed by atoms with Crippen LogP contribution in [0.1, 0.15) is 18.1 Å². The highest BCUT2D eigenvalue weighted by molar-refractivity contribution is 6.31. The summed E-state index contributed by atoms with van der Waals surface area (Å²) >= 11 is 6.01. The van der Waals surface area contributed by atoms with Gasteiger partial charge >= 0.3 is 0 Å². The van der Waals surface area contributed by atoms with Crippen LogP contribution in [0.15, 0.2) is 42.5 Å². The van der Waals surface area contributed by atoms with Crippen molar-refractivity contribution in [1.82, 2.24) is 0 Å². The molecule has 16 heavy (non-hydrogen) atoms. The van der Waals surface area contributed by atoms with Gasteiger partial charge in [0.1, 0.15) is 0 Å². The lowest BCUT2D eigenvalue weighted by molar-refractivity contribution is 1.42. The van der Waals surface area contributed by atoms with E-state index in [0.717, 1.165) is 10.6 Å². The number of rotatable bonds is 2. The summed E-state index contributed by atoms with van der Waals surface area (Å²) in [6.45, 7) is 4.07. The van der Waals surface area contributed by atoms with Gasteiger partial charge in [0.05, 0.1) is 0 Å². The van der Waals surface area contributed by atoms with Crippen LogP contribution in [0.3, 0.4) is 0 Å². The molecule has 0 atom stereocenters. The van der Waals surface area contributed by atoms with Gasteiger partial charge in [-0.15, -0.1) is 0 Å². The first-order valence-electron chi connectivity index (χ1n) is 5.36. The zero-order valence-corrected chi connectivity index (χ0v) is 10.3. The van der Waals surface area contributed by atoms with E-state index < -0.39 is 0 Å². The van der Waals surface area contributed by atoms with E-state index >= 15 is 0 Å². The zero-order chi connectivity index (χ0) is 11.5. The van der Waals surface area contributed by atoms with Crippen molar-refractivity contribution in [2.24, 2.45) is 0 Å². The number of hydrogen-bond acceptors (Lipinski definition) is 0. The molecule has 0 aromatic heterocycles. The second-order valence-corrected chi connectivity index (χ2v) is 4.28. The average molecular weight is 230 g/mol. The maximum atomic E-state index is 6.01. The monoisotopic (exact) mass is 229 g/mol. The van der Waals surface area contributed by atoms with E-state index in [1.165, 1.54) is 16.7 Å². The lowest BCUT2D eigenvalue weighted by Gasteiger charge is -2.05. The molecular weight excluding hydrogens is 216 g/mol. The number of benzene rings is 2. The third-order valence-corrected chi connectivity index (χ3v) is 3.16. The third kappa shape index (κ3) is 2.28. The molecule has 2 aromatic carbocycles. The molecule has 1 heteroatoms. The summed E-state index contributed by atoms with van der Waals surface area (Å²) in [7, 11) is 0. The van der Waals surface area contributed by atoms with E-state index in [-0.39, 0.29) is 0 Å². The predicted octanol–water partition coefficient (Wildman–Crippen LogP) is 4.89. The van der Waals surface area contributed by atoms with E-state index in [9.17, 15) is 0 Å². The van der Waals surface area contributed by atoms with Gasteiger partial charge in [0.25, 0.3) is 0 Å². The van der Waals surface area contributed by atoms with E-state index in [1.54, 1.807) is 0 Å². The molecule has 0 saturated heterocycles. The molecule has 2 rings (SSSR count). The Hall–Kier alpha value is -1.27. The first-order chi connectivity index (χ1) is 7.70. The minimum Gasteiger partial charge on any atom is -0.0841 e. The van der Waals surface area contributed by atoms with E-state index in [1.807, 2.05) is 19.9 Å². The molecule has 0 bridgehead atoms. The molecule has 0 spiro atoms. The second kappa shape index (κ2) is 4.71. The largest absolute Gasteiger partial charge is 0.0841 e. The van der Waals surface area contributed by atoms with Crippen molar-refractivity contribution < 1.29 is 0 Å². The van der Waals surface area contributed by atoms with Crippen molar-refractivity contribution in [2.75, 3.05) is 0 Å². The summed E-state index contributed by atoms with van der Waals surface area (Å²) in [5.41, 5.74) is 4.80. The minimum absolute atomic E-state index is 0.822. The van der Waals surface area contributed by atoms with E-state index in [0.29, 0.717) is 0 Å². The Bertz CT molecular complexity index is 483. The van der Waals surface area contributed by atoms with Crippen LogP contribution in [0, 0.1) is 13.3 Å². The third-order valence-electron chi connectivity index (χ3n) is 2.74. The minimum atomic E-state index is 0.822.